The number of halogens is 1. The second kappa shape index (κ2) is 4.58. The molecule has 0 fully saturated rings. The minimum absolute atomic E-state index is 0.526. The van der Waals surface area contributed by atoms with Crippen molar-refractivity contribution in [1.82, 2.24) is 0 Å². The summed E-state index contributed by atoms with van der Waals surface area (Å²) < 4.78 is 6.83. The molecule has 1 aliphatic rings. The third-order valence-corrected chi connectivity index (χ3v) is 3.44. The molecular formula is C15H12BrNO. The van der Waals surface area contributed by atoms with Crippen LogP contribution in [0.3, 0.4) is 0 Å². The molecule has 0 radical (unpaired) electrons. The average Bonchev–Trinajstić information content (AvgIpc) is 2.39. The first-order valence-electron chi connectivity index (χ1n) is 5.79. The summed E-state index contributed by atoms with van der Waals surface area (Å²) in [5.41, 5.74) is 4.17. The molecule has 0 aromatic heterocycles. The van der Waals surface area contributed by atoms with E-state index in [1.54, 1.807) is 0 Å². The van der Waals surface area contributed by atoms with Crippen LogP contribution in [-0.4, -0.2) is 12.3 Å². The lowest BCUT2D eigenvalue weighted by Gasteiger charge is -2.17. The number of fused-ring (bicyclic) bond motifs is 1. The van der Waals surface area contributed by atoms with Crippen molar-refractivity contribution in [3.8, 4) is 5.75 Å². The van der Waals surface area contributed by atoms with E-state index in [0.717, 1.165) is 27.2 Å². The zero-order valence-corrected chi connectivity index (χ0v) is 11.6. The quantitative estimate of drug-likeness (QED) is 0.771. The molecule has 0 amide bonds. The van der Waals surface area contributed by atoms with Crippen LogP contribution < -0.4 is 4.74 Å². The van der Waals surface area contributed by atoms with Crippen LogP contribution in [0.1, 0.15) is 11.1 Å². The van der Waals surface area contributed by atoms with Crippen LogP contribution in [0.5, 0.6) is 5.75 Å². The van der Waals surface area contributed by atoms with Gasteiger partial charge in [-0.15, -0.1) is 0 Å². The third kappa shape index (κ3) is 2.18. The molecule has 0 saturated carbocycles. The van der Waals surface area contributed by atoms with Crippen LogP contribution >= 0.6 is 15.9 Å². The Labute approximate surface area is 114 Å². The van der Waals surface area contributed by atoms with Crippen LogP contribution in [-0.2, 0) is 0 Å². The van der Waals surface area contributed by atoms with Crippen molar-refractivity contribution in [3.63, 3.8) is 0 Å². The van der Waals surface area contributed by atoms with Crippen molar-refractivity contribution in [3.05, 3.63) is 58.1 Å². The third-order valence-electron chi connectivity index (χ3n) is 2.91. The van der Waals surface area contributed by atoms with E-state index in [4.69, 9.17) is 4.74 Å². The van der Waals surface area contributed by atoms with Gasteiger partial charge in [-0.3, -0.25) is 0 Å². The molecule has 1 aliphatic heterocycles. The lowest BCUT2D eigenvalue weighted by Crippen LogP contribution is -2.16. The van der Waals surface area contributed by atoms with Crippen molar-refractivity contribution in [2.45, 2.75) is 6.92 Å². The van der Waals surface area contributed by atoms with Gasteiger partial charge in [0.05, 0.1) is 5.71 Å². The number of rotatable bonds is 1. The highest BCUT2D eigenvalue weighted by Crippen LogP contribution is 2.32. The summed E-state index contributed by atoms with van der Waals surface area (Å²) in [6.45, 7) is 2.58. The minimum atomic E-state index is 0.526. The summed E-state index contributed by atoms with van der Waals surface area (Å²) in [6, 6.07) is 14.2. The van der Waals surface area contributed by atoms with E-state index in [0.29, 0.717) is 6.61 Å². The Morgan fingerprint density at radius 1 is 1.11 bits per heavy atom. The fourth-order valence-electron chi connectivity index (χ4n) is 1.94. The second-order valence-corrected chi connectivity index (χ2v) is 5.24. The number of benzene rings is 2. The van der Waals surface area contributed by atoms with E-state index in [-0.39, 0.29) is 0 Å². The number of hydrogen-bond acceptors (Lipinski definition) is 2. The smallest absolute Gasteiger partial charge is 0.145 e. The van der Waals surface area contributed by atoms with Crippen LogP contribution in [0.15, 0.2) is 51.9 Å². The standard InChI is InChI=1S/C15H12BrNO/c1-10-2-7-13-15(8-10)18-9-14(17-13)11-3-5-12(16)6-4-11/h2-8H,9H2,1H3. The second-order valence-electron chi connectivity index (χ2n) is 4.33. The molecule has 2 aromatic carbocycles. The molecule has 90 valence electrons. The van der Waals surface area contributed by atoms with E-state index >= 15 is 0 Å². The lowest BCUT2D eigenvalue weighted by molar-refractivity contribution is 0.372. The summed E-state index contributed by atoms with van der Waals surface area (Å²) in [5.74, 6) is 0.871. The van der Waals surface area contributed by atoms with Gasteiger partial charge in [0, 0.05) is 4.47 Å². The maximum atomic E-state index is 5.76. The van der Waals surface area contributed by atoms with Crippen molar-refractivity contribution in [2.24, 2.45) is 4.99 Å². The van der Waals surface area contributed by atoms with E-state index in [1.165, 1.54) is 5.56 Å². The molecule has 0 atom stereocenters. The molecule has 0 bridgehead atoms. The largest absolute Gasteiger partial charge is 0.485 e. The molecule has 3 rings (SSSR count). The monoisotopic (exact) mass is 301 g/mol. The highest BCUT2D eigenvalue weighted by Gasteiger charge is 2.14. The van der Waals surface area contributed by atoms with Gasteiger partial charge in [-0.2, -0.15) is 0 Å². The van der Waals surface area contributed by atoms with Gasteiger partial charge in [-0.25, -0.2) is 4.99 Å². The maximum absolute atomic E-state index is 5.76. The van der Waals surface area contributed by atoms with E-state index in [9.17, 15) is 0 Å². The Morgan fingerprint density at radius 2 is 1.89 bits per heavy atom. The number of aryl methyl sites for hydroxylation is 1. The van der Waals surface area contributed by atoms with Crippen LogP contribution in [0.25, 0.3) is 0 Å². The highest BCUT2D eigenvalue weighted by molar-refractivity contribution is 9.10. The molecule has 0 unspecified atom stereocenters. The van der Waals surface area contributed by atoms with Crippen molar-refractivity contribution < 1.29 is 4.74 Å². The molecule has 0 spiro atoms. The summed E-state index contributed by atoms with van der Waals surface area (Å²) in [7, 11) is 0. The van der Waals surface area contributed by atoms with E-state index < -0.39 is 0 Å². The lowest BCUT2D eigenvalue weighted by atomic mass is 10.1. The van der Waals surface area contributed by atoms with Gasteiger partial charge in [0.2, 0.25) is 0 Å². The molecule has 2 nitrogen and oxygen atoms in total. The van der Waals surface area contributed by atoms with Crippen LogP contribution in [0, 0.1) is 6.92 Å². The topological polar surface area (TPSA) is 21.6 Å². The van der Waals surface area contributed by atoms with Gasteiger partial charge < -0.3 is 4.74 Å². The summed E-state index contributed by atoms with van der Waals surface area (Å²) in [5, 5.41) is 0. The van der Waals surface area contributed by atoms with Crippen LogP contribution in [0.2, 0.25) is 0 Å². The molecular weight excluding hydrogens is 290 g/mol. The van der Waals surface area contributed by atoms with Crippen LogP contribution in [0.4, 0.5) is 5.69 Å². The molecule has 18 heavy (non-hydrogen) atoms. The van der Waals surface area contributed by atoms with Gasteiger partial charge in [0.1, 0.15) is 18.0 Å². The Kier molecular flexibility index (Phi) is 2.92. The van der Waals surface area contributed by atoms with Gasteiger partial charge in [-0.1, -0.05) is 34.1 Å². The average molecular weight is 302 g/mol. The predicted octanol–water partition coefficient (Wildman–Crippen LogP) is 4.27. The zero-order valence-electron chi connectivity index (χ0n) is 9.98. The number of aliphatic imine (C=N–C) groups is 1. The minimum Gasteiger partial charge on any atom is -0.485 e. The van der Waals surface area contributed by atoms with Gasteiger partial charge in [0.25, 0.3) is 0 Å². The summed E-state index contributed by atoms with van der Waals surface area (Å²) in [6.07, 6.45) is 0. The van der Waals surface area contributed by atoms with Crippen molar-refractivity contribution in [2.75, 3.05) is 6.61 Å². The Morgan fingerprint density at radius 3 is 2.67 bits per heavy atom. The van der Waals surface area contributed by atoms with Gasteiger partial charge >= 0.3 is 0 Å². The zero-order chi connectivity index (χ0) is 12.5. The van der Waals surface area contributed by atoms with E-state index in [1.807, 2.05) is 36.4 Å². The number of hydrogen-bond donors (Lipinski definition) is 0. The van der Waals surface area contributed by atoms with Gasteiger partial charge in [-0.05, 0) is 42.3 Å². The molecule has 2 aromatic rings. The molecule has 1 heterocycles. The molecule has 3 heteroatoms. The number of ether oxygens (including phenoxy) is 1. The SMILES string of the molecule is Cc1ccc2c(c1)OCC(c1ccc(Br)cc1)=N2. The summed E-state index contributed by atoms with van der Waals surface area (Å²) in [4.78, 5) is 4.66. The summed E-state index contributed by atoms with van der Waals surface area (Å²) >= 11 is 3.43. The van der Waals surface area contributed by atoms with E-state index in [2.05, 4.69) is 33.9 Å². The Balaban J connectivity index is 2.00. The fourth-order valence-corrected chi connectivity index (χ4v) is 2.21. The fraction of sp³-hybridized carbons (Fsp3) is 0.133. The van der Waals surface area contributed by atoms with Gasteiger partial charge in [0.15, 0.2) is 0 Å². The first-order valence-corrected chi connectivity index (χ1v) is 6.58. The molecule has 0 saturated heterocycles. The normalized spacial score (nSPS) is 13.6. The number of nitrogens with zero attached hydrogens (tertiary/aromatic N) is 1. The molecule has 0 aliphatic carbocycles. The van der Waals surface area contributed by atoms with Crippen molar-refractivity contribution >= 4 is 27.3 Å². The van der Waals surface area contributed by atoms with Crippen molar-refractivity contribution in [1.29, 1.82) is 0 Å². The predicted molar refractivity (Wildman–Crippen MR) is 77.0 cm³/mol. The Bertz CT molecular complexity index is 617. The first kappa shape index (κ1) is 11.5. The highest BCUT2D eigenvalue weighted by atomic mass is 79.9. The Hall–Kier alpha value is -1.61. The molecule has 0 N–H and O–H groups in total. The maximum Gasteiger partial charge on any atom is 0.145 e. The first-order chi connectivity index (χ1) is 8.72.